The first kappa shape index (κ1) is 16.7. The number of hydrogen-bond donors (Lipinski definition) is 2. The highest BCUT2D eigenvalue weighted by atomic mass is 16.6. The zero-order valence-corrected chi connectivity index (χ0v) is 12.9. The van der Waals surface area contributed by atoms with E-state index in [-0.39, 0.29) is 11.4 Å². The standard InChI is InChI=1S/C16H18N2O5/c1-9-6-13(14(16(20)21)7-10(9)2)15(19)17-11-4-3-5-12(8-11)18(22)23/h3-5,8,13-14H,6-7H2,1-2H3,(H,17,19)(H,20,21)/t13-,14+/m0/s1. The Labute approximate surface area is 133 Å². The number of aliphatic carboxylic acids is 1. The highest BCUT2D eigenvalue weighted by Crippen LogP contribution is 2.35. The third-order valence-electron chi connectivity index (χ3n) is 4.24. The number of nitrogens with one attached hydrogen (secondary N) is 1. The first-order valence-electron chi connectivity index (χ1n) is 7.23. The minimum atomic E-state index is -1.00. The van der Waals surface area contributed by atoms with Crippen LogP contribution in [0.2, 0.25) is 0 Å². The Morgan fingerprint density at radius 2 is 1.83 bits per heavy atom. The van der Waals surface area contributed by atoms with Crippen LogP contribution in [0.15, 0.2) is 35.4 Å². The van der Waals surface area contributed by atoms with Gasteiger partial charge >= 0.3 is 5.97 Å². The molecule has 0 aromatic heterocycles. The number of carbonyl (C=O) groups excluding carboxylic acids is 1. The van der Waals surface area contributed by atoms with Crippen molar-refractivity contribution in [1.29, 1.82) is 0 Å². The molecule has 23 heavy (non-hydrogen) atoms. The summed E-state index contributed by atoms with van der Waals surface area (Å²) < 4.78 is 0. The first-order valence-corrected chi connectivity index (χ1v) is 7.23. The number of rotatable bonds is 4. The molecule has 0 radical (unpaired) electrons. The third kappa shape index (κ3) is 3.74. The van der Waals surface area contributed by atoms with E-state index in [0.29, 0.717) is 12.8 Å². The number of carboxylic acid groups (broad SMARTS) is 1. The molecule has 2 N–H and O–H groups in total. The Kier molecular flexibility index (Phi) is 4.78. The molecule has 122 valence electrons. The van der Waals surface area contributed by atoms with Gasteiger partial charge in [-0.3, -0.25) is 19.7 Å². The van der Waals surface area contributed by atoms with Crippen molar-refractivity contribution in [3.05, 3.63) is 45.5 Å². The molecule has 7 heteroatoms. The van der Waals surface area contributed by atoms with E-state index < -0.39 is 28.6 Å². The van der Waals surface area contributed by atoms with Crippen LogP contribution in [-0.2, 0) is 9.59 Å². The van der Waals surface area contributed by atoms with Gasteiger partial charge in [0.25, 0.3) is 5.69 Å². The van der Waals surface area contributed by atoms with Crippen molar-refractivity contribution in [3.8, 4) is 0 Å². The number of carbonyl (C=O) groups is 2. The number of nitro groups is 1. The van der Waals surface area contributed by atoms with E-state index in [4.69, 9.17) is 0 Å². The zero-order chi connectivity index (χ0) is 17.1. The van der Waals surface area contributed by atoms with Gasteiger partial charge in [0.2, 0.25) is 5.91 Å². The van der Waals surface area contributed by atoms with Crippen LogP contribution in [0.3, 0.4) is 0 Å². The molecule has 1 aliphatic rings. The maximum absolute atomic E-state index is 12.4. The summed E-state index contributed by atoms with van der Waals surface area (Å²) in [5, 5.41) is 22.7. The molecule has 1 amide bonds. The summed E-state index contributed by atoms with van der Waals surface area (Å²) in [5.41, 5.74) is 2.17. The quantitative estimate of drug-likeness (QED) is 0.504. The van der Waals surface area contributed by atoms with Crippen LogP contribution < -0.4 is 5.32 Å². The van der Waals surface area contributed by atoms with Crippen molar-refractivity contribution in [2.45, 2.75) is 26.7 Å². The van der Waals surface area contributed by atoms with Crippen molar-refractivity contribution in [1.82, 2.24) is 0 Å². The highest BCUT2D eigenvalue weighted by Gasteiger charge is 2.37. The summed E-state index contributed by atoms with van der Waals surface area (Å²) in [6.45, 7) is 3.76. The Balaban J connectivity index is 2.20. The maximum Gasteiger partial charge on any atom is 0.307 e. The van der Waals surface area contributed by atoms with Gasteiger partial charge in [-0.2, -0.15) is 0 Å². The lowest BCUT2D eigenvalue weighted by Crippen LogP contribution is -2.36. The second kappa shape index (κ2) is 6.60. The number of hydrogen-bond acceptors (Lipinski definition) is 4. The molecule has 1 aromatic rings. The van der Waals surface area contributed by atoms with Crippen LogP contribution >= 0.6 is 0 Å². The molecule has 7 nitrogen and oxygen atoms in total. The van der Waals surface area contributed by atoms with Gasteiger partial charge in [-0.25, -0.2) is 0 Å². The predicted octanol–water partition coefficient (Wildman–Crippen LogP) is 2.98. The number of anilines is 1. The van der Waals surface area contributed by atoms with Crippen molar-refractivity contribution >= 4 is 23.3 Å². The lowest BCUT2D eigenvalue weighted by Gasteiger charge is -2.29. The van der Waals surface area contributed by atoms with Gasteiger partial charge < -0.3 is 10.4 Å². The first-order chi connectivity index (χ1) is 10.8. The minimum Gasteiger partial charge on any atom is -0.481 e. The fraction of sp³-hybridized carbons (Fsp3) is 0.375. The third-order valence-corrected chi connectivity index (χ3v) is 4.24. The fourth-order valence-electron chi connectivity index (χ4n) is 2.76. The largest absolute Gasteiger partial charge is 0.481 e. The Bertz CT molecular complexity index is 695. The SMILES string of the molecule is CC1=C(C)C[C@@H](C(=O)O)[C@@H](C(=O)Nc2cccc([N+](=O)[O-])c2)C1. The summed E-state index contributed by atoms with van der Waals surface area (Å²) in [5.74, 6) is -2.89. The van der Waals surface area contributed by atoms with Crippen molar-refractivity contribution < 1.29 is 19.6 Å². The van der Waals surface area contributed by atoms with Gasteiger partial charge in [-0.1, -0.05) is 17.2 Å². The maximum atomic E-state index is 12.4. The van der Waals surface area contributed by atoms with Gasteiger partial charge in [-0.05, 0) is 32.8 Å². The molecular formula is C16H18N2O5. The van der Waals surface area contributed by atoms with E-state index in [1.807, 2.05) is 13.8 Å². The topological polar surface area (TPSA) is 110 Å². The fourth-order valence-corrected chi connectivity index (χ4v) is 2.76. The summed E-state index contributed by atoms with van der Waals surface area (Å²) in [6, 6.07) is 5.59. The molecule has 0 heterocycles. The van der Waals surface area contributed by atoms with Crippen LogP contribution in [-0.4, -0.2) is 21.9 Å². The normalized spacial score (nSPS) is 21.0. The number of nitro benzene ring substituents is 1. The monoisotopic (exact) mass is 318 g/mol. The van der Waals surface area contributed by atoms with Crippen LogP contribution in [0, 0.1) is 22.0 Å². The molecule has 0 unspecified atom stereocenters. The van der Waals surface area contributed by atoms with Crippen molar-refractivity contribution in [2.24, 2.45) is 11.8 Å². The van der Waals surface area contributed by atoms with E-state index in [2.05, 4.69) is 5.32 Å². The number of non-ortho nitro benzene ring substituents is 1. The second-order valence-electron chi connectivity index (χ2n) is 5.82. The van der Waals surface area contributed by atoms with E-state index >= 15 is 0 Å². The van der Waals surface area contributed by atoms with E-state index in [9.17, 15) is 24.8 Å². The molecule has 1 aromatic carbocycles. The number of carboxylic acids is 1. The van der Waals surface area contributed by atoms with Gasteiger partial charge in [0.05, 0.1) is 16.8 Å². The van der Waals surface area contributed by atoms with E-state index in [0.717, 1.165) is 11.1 Å². The number of allylic oxidation sites excluding steroid dienone is 2. The number of nitrogens with zero attached hydrogens (tertiary/aromatic N) is 1. The molecule has 0 bridgehead atoms. The van der Waals surface area contributed by atoms with Crippen LogP contribution in [0.1, 0.15) is 26.7 Å². The summed E-state index contributed by atoms with van der Waals surface area (Å²) >= 11 is 0. The average molecular weight is 318 g/mol. The molecule has 0 saturated carbocycles. The Morgan fingerprint density at radius 3 is 2.39 bits per heavy atom. The second-order valence-corrected chi connectivity index (χ2v) is 5.82. The van der Waals surface area contributed by atoms with Crippen molar-refractivity contribution in [2.75, 3.05) is 5.32 Å². The summed E-state index contributed by atoms with van der Waals surface area (Å²) in [7, 11) is 0. The van der Waals surface area contributed by atoms with Crippen LogP contribution in [0.25, 0.3) is 0 Å². The van der Waals surface area contributed by atoms with Crippen LogP contribution in [0.5, 0.6) is 0 Å². The number of benzene rings is 1. The highest BCUT2D eigenvalue weighted by molar-refractivity contribution is 5.95. The molecular weight excluding hydrogens is 300 g/mol. The molecule has 2 atom stereocenters. The van der Waals surface area contributed by atoms with Crippen LogP contribution in [0.4, 0.5) is 11.4 Å². The zero-order valence-electron chi connectivity index (χ0n) is 12.9. The lowest BCUT2D eigenvalue weighted by atomic mass is 9.76. The molecule has 0 fully saturated rings. The number of amides is 1. The smallest absolute Gasteiger partial charge is 0.307 e. The van der Waals surface area contributed by atoms with Gasteiger partial charge in [0.1, 0.15) is 0 Å². The molecule has 1 aliphatic carbocycles. The molecule has 2 rings (SSSR count). The lowest BCUT2D eigenvalue weighted by molar-refractivity contribution is -0.384. The van der Waals surface area contributed by atoms with Crippen molar-refractivity contribution in [3.63, 3.8) is 0 Å². The average Bonchev–Trinajstić information content (AvgIpc) is 2.49. The Hall–Kier alpha value is -2.70. The predicted molar refractivity (Wildman–Crippen MR) is 83.9 cm³/mol. The summed E-state index contributed by atoms with van der Waals surface area (Å²) in [6.07, 6.45) is 0.720. The van der Waals surface area contributed by atoms with Gasteiger partial charge in [0, 0.05) is 17.8 Å². The Morgan fingerprint density at radius 1 is 1.22 bits per heavy atom. The minimum absolute atomic E-state index is 0.131. The summed E-state index contributed by atoms with van der Waals surface area (Å²) in [4.78, 5) is 34.1. The molecule has 0 aliphatic heterocycles. The van der Waals surface area contributed by atoms with E-state index in [1.54, 1.807) is 0 Å². The molecule has 0 spiro atoms. The van der Waals surface area contributed by atoms with Gasteiger partial charge in [0.15, 0.2) is 0 Å². The van der Waals surface area contributed by atoms with Gasteiger partial charge in [-0.15, -0.1) is 0 Å². The van der Waals surface area contributed by atoms with E-state index in [1.165, 1.54) is 24.3 Å². The molecule has 0 saturated heterocycles.